The molecule has 0 saturated carbocycles. The van der Waals surface area contributed by atoms with Gasteiger partial charge in [-0.1, -0.05) is 12.1 Å². The monoisotopic (exact) mass is 206 g/mol. The van der Waals surface area contributed by atoms with E-state index in [1.165, 1.54) is 6.92 Å². The number of Topliss-reactive ketones (excluding diaryl/α,β-unsaturated/α-hetero) is 1. The zero-order valence-electron chi connectivity index (χ0n) is 9.16. The molecule has 0 aliphatic carbocycles. The molecule has 0 spiro atoms. The summed E-state index contributed by atoms with van der Waals surface area (Å²) >= 11 is 0. The van der Waals surface area contributed by atoms with Gasteiger partial charge in [-0.15, -0.1) is 0 Å². The fraction of sp³-hybridized carbons (Fsp3) is 0.333. The number of hydrogen-bond donors (Lipinski definition) is 0. The first-order valence-electron chi connectivity index (χ1n) is 4.76. The van der Waals surface area contributed by atoms with Crippen molar-refractivity contribution in [1.29, 1.82) is 0 Å². The zero-order valence-corrected chi connectivity index (χ0v) is 9.16. The summed E-state index contributed by atoms with van der Waals surface area (Å²) in [6, 6.07) is 5.38. The molecule has 0 aliphatic rings. The van der Waals surface area contributed by atoms with Crippen LogP contribution in [0.1, 0.15) is 25.0 Å². The first-order valence-corrected chi connectivity index (χ1v) is 4.76. The van der Waals surface area contributed by atoms with Crippen molar-refractivity contribution in [3.8, 4) is 5.75 Å². The Labute approximate surface area is 89.1 Å². The summed E-state index contributed by atoms with van der Waals surface area (Å²) in [6.45, 7) is 4.76. The molecule has 0 heterocycles. The minimum atomic E-state index is -0.336. The van der Waals surface area contributed by atoms with Gasteiger partial charge in [0.25, 0.3) is 0 Å². The summed E-state index contributed by atoms with van der Waals surface area (Å²) in [7, 11) is 0. The molecule has 15 heavy (non-hydrogen) atoms. The molecule has 0 fully saturated rings. The molecule has 3 heteroatoms. The van der Waals surface area contributed by atoms with Crippen LogP contribution < -0.4 is 4.74 Å². The predicted octanol–water partition coefficient (Wildman–Crippen LogP) is 2.05. The summed E-state index contributed by atoms with van der Waals surface area (Å²) in [6.07, 6.45) is 0.418. The maximum atomic E-state index is 10.9. The Morgan fingerprint density at radius 1 is 1.27 bits per heavy atom. The van der Waals surface area contributed by atoms with Crippen molar-refractivity contribution in [3.63, 3.8) is 0 Å². The molecule has 0 saturated heterocycles. The van der Waals surface area contributed by atoms with Gasteiger partial charge < -0.3 is 4.74 Å². The normalized spacial score (nSPS) is 9.80. The first-order chi connectivity index (χ1) is 6.99. The Kier molecular flexibility index (Phi) is 3.61. The van der Waals surface area contributed by atoms with Crippen molar-refractivity contribution >= 4 is 11.8 Å². The fourth-order valence-corrected chi connectivity index (χ4v) is 1.38. The Balaban J connectivity index is 2.87. The number of ketones is 1. The maximum Gasteiger partial charge on any atom is 0.308 e. The molecule has 0 radical (unpaired) electrons. The highest BCUT2D eigenvalue weighted by molar-refractivity contribution is 5.78. The summed E-state index contributed by atoms with van der Waals surface area (Å²) < 4.78 is 4.98. The van der Waals surface area contributed by atoms with Crippen LogP contribution in [-0.4, -0.2) is 11.8 Å². The number of benzene rings is 1. The van der Waals surface area contributed by atoms with E-state index in [-0.39, 0.29) is 11.8 Å². The van der Waals surface area contributed by atoms with E-state index in [9.17, 15) is 9.59 Å². The van der Waals surface area contributed by atoms with Gasteiger partial charge in [-0.25, -0.2) is 0 Å². The number of carbonyl (C=O) groups is 2. The predicted molar refractivity (Wildman–Crippen MR) is 56.9 cm³/mol. The van der Waals surface area contributed by atoms with Crippen molar-refractivity contribution in [2.45, 2.75) is 27.2 Å². The fourth-order valence-electron chi connectivity index (χ4n) is 1.38. The Morgan fingerprint density at radius 3 is 2.40 bits per heavy atom. The van der Waals surface area contributed by atoms with Crippen LogP contribution in [0.2, 0.25) is 0 Å². The number of ether oxygens (including phenoxy) is 1. The van der Waals surface area contributed by atoms with Crippen LogP contribution >= 0.6 is 0 Å². The topological polar surface area (TPSA) is 43.4 Å². The molecular formula is C12H14O3. The third kappa shape index (κ3) is 3.54. The van der Waals surface area contributed by atoms with Gasteiger partial charge in [0.2, 0.25) is 0 Å². The lowest BCUT2D eigenvalue weighted by molar-refractivity contribution is -0.132. The smallest absolute Gasteiger partial charge is 0.308 e. The average molecular weight is 206 g/mol. The van der Waals surface area contributed by atoms with Crippen LogP contribution in [0.4, 0.5) is 0 Å². The minimum Gasteiger partial charge on any atom is -0.426 e. The van der Waals surface area contributed by atoms with E-state index in [1.54, 1.807) is 19.1 Å². The van der Waals surface area contributed by atoms with Gasteiger partial charge in [0, 0.05) is 13.3 Å². The van der Waals surface area contributed by atoms with E-state index in [0.29, 0.717) is 12.2 Å². The quantitative estimate of drug-likeness (QED) is 0.561. The lowest BCUT2D eigenvalue weighted by Gasteiger charge is -2.06. The highest BCUT2D eigenvalue weighted by Gasteiger charge is 2.04. The van der Waals surface area contributed by atoms with Gasteiger partial charge in [-0.05, 0) is 31.0 Å². The van der Waals surface area contributed by atoms with E-state index < -0.39 is 0 Å². The third-order valence-corrected chi connectivity index (χ3v) is 1.95. The van der Waals surface area contributed by atoms with E-state index in [0.717, 1.165) is 11.1 Å². The van der Waals surface area contributed by atoms with Crippen LogP contribution in [0.25, 0.3) is 0 Å². The molecule has 0 amide bonds. The van der Waals surface area contributed by atoms with E-state index in [1.807, 2.05) is 13.0 Å². The molecule has 0 aromatic heterocycles. The Bertz CT molecular complexity index is 394. The number of aryl methyl sites for hydroxylation is 1. The van der Waals surface area contributed by atoms with Crippen LogP contribution in [0.5, 0.6) is 5.75 Å². The molecule has 1 aromatic rings. The molecule has 3 nitrogen and oxygen atoms in total. The van der Waals surface area contributed by atoms with Crippen molar-refractivity contribution in [1.82, 2.24) is 0 Å². The summed E-state index contributed by atoms with van der Waals surface area (Å²) in [5.74, 6) is 0.335. The molecule has 0 unspecified atom stereocenters. The van der Waals surface area contributed by atoms with Crippen molar-refractivity contribution < 1.29 is 14.3 Å². The number of hydrogen-bond acceptors (Lipinski definition) is 3. The molecule has 0 aliphatic heterocycles. The second-order valence-electron chi connectivity index (χ2n) is 3.57. The van der Waals surface area contributed by atoms with Crippen molar-refractivity contribution in [3.05, 3.63) is 29.3 Å². The summed E-state index contributed by atoms with van der Waals surface area (Å²) in [4.78, 5) is 21.7. The maximum absolute atomic E-state index is 10.9. The van der Waals surface area contributed by atoms with Gasteiger partial charge in [0.05, 0.1) is 0 Å². The highest BCUT2D eigenvalue weighted by atomic mass is 16.5. The van der Waals surface area contributed by atoms with Crippen LogP contribution in [0, 0.1) is 6.92 Å². The second-order valence-corrected chi connectivity index (χ2v) is 3.57. The number of esters is 1. The Hall–Kier alpha value is -1.64. The van der Waals surface area contributed by atoms with Gasteiger partial charge in [0.15, 0.2) is 0 Å². The molecule has 1 aromatic carbocycles. The lowest BCUT2D eigenvalue weighted by atomic mass is 10.1. The number of carbonyl (C=O) groups excluding carboxylic acids is 2. The molecule has 0 N–H and O–H groups in total. The summed E-state index contributed by atoms with van der Waals surface area (Å²) in [5.41, 5.74) is 1.81. The zero-order chi connectivity index (χ0) is 11.4. The van der Waals surface area contributed by atoms with Gasteiger partial charge in [-0.3, -0.25) is 9.59 Å². The van der Waals surface area contributed by atoms with Crippen LogP contribution in [-0.2, 0) is 16.0 Å². The molecule has 80 valence electrons. The average Bonchev–Trinajstić information content (AvgIpc) is 2.08. The molecule has 0 atom stereocenters. The standard InChI is InChI=1S/C12H14O3/c1-8-6-11(7-9(2)13)4-5-12(8)15-10(3)14/h4-6H,7H2,1-3H3. The molecular weight excluding hydrogens is 192 g/mol. The Morgan fingerprint density at radius 2 is 1.93 bits per heavy atom. The van der Waals surface area contributed by atoms with Crippen LogP contribution in [0.3, 0.4) is 0 Å². The van der Waals surface area contributed by atoms with Crippen molar-refractivity contribution in [2.75, 3.05) is 0 Å². The third-order valence-electron chi connectivity index (χ3n) is 1.95. The van der Waals surface area contributed by atoms with Gasteiger partial charge >= 0.3 is 5.97 Å². The summed E-state index contributed by atoms with van der Waals surface area (Å²) in [5, 5.41) is 0. The van der Waals surface area contributed by atoms with E-state index >= 15 is 0 Å². The van der Waals surface area contributed by atoms with Gasteiger partial charge in [0.1, 0.15) is 11.5 Å². The lowest BCUT2D eigenvalue weighted by Crippen LogP contribution is -2.03. The first kappa shape index (κ1) is 11.4. The van der Waals surface area contributed by atoms with E-state index in [2.05, 4.69) is 0 Å². The minimum absolute atomic E-state index is 0.120. The second kappa shape index (κ2) is 4.73. The van der Waals surface area contributed by atoms with E-state index in [4.69, 9.17) is 4.74 Å². The van der Waals surface area contributed by atoms with Crippen LogP contribution in [0.15, 0.2) is 18.2 Å². The van der Waals surface area contributed by atoms with Gasteiger partial charge in [-0.2, -0.15) is 0 Å². The largest absolute Gasteiger partial charge is 0.426 e. The van der Waals surface area contributed by atoms with Crippen molar-refractivity contribution in [2.24, 2.45) is 0 Å². The highest BCUT2D eigenvalue weighted by Crippen LogP contribution is 2.19. The molecule has 1 rings (SSSR count). The number of rotatable bonds is 3. The SMILES string of the molecule is CC(=O)Cc1ccc(OC(C)=O)c(C)c1. The molecule has 0 bridgehead atoms.